The number of anilines is 1. The lowest BCUT2D eigenvalue weighted by molar-refractivity contribution is -0.116. The van der Waals surface area contributed by atoms with E-state index < -0.39 is 0 Å². The van der Waals surface area contributed by atoms with Crippen LogP contribution in [0, 0.1) is 6.92 Å². The van der Waals surface area contributed by atoms with Crippen molar-refractivity contribution in [1.82, 2.24) is 24.8 Å². The van der Waals surface area contributed by atoms with E-state index >= 15 is 0 Å². The molecule has 0 atom stereocenters. The largest absolute Gasteiger partial charge is 0.325 e. The molecule has 0 unspecified atom stereocenters. The van der Waals surface area contributed by atoms with E-state index in [2.05, 4.69) is 20.8 Å². The van der Waals surface area contributed by atoms with E-state index in [1.165, 1.54) is 4.57 Å². The first kappa shape index (κ1) is 15.7. The first-order valence-electron chi connectivity index (χ1n) is 7.95. The number of nitrogens with one attached hydrogen (secondary N) is 1. The zero-order valence-electron chi connectivity index (χ0n) is 13.5. The summed E-state index contributed by atoms with van der Waals surface area (Å²) in [6, 6.07) is 7.77. The molecule has 1 amide bonds. The molecule has 0 spiro atoms. The topological polar surface area (TPSA) is 94.7 Å². The molecule has 1 aliphatic carbocycles. The monoisotopic (exact) mass is 356 g/mol. The average Bonchev–Trinajstić information content (AvgIpc) is 3.25. The molecule has 1 saturated carbocycles. The van der Waals surface area contributed by atoms with Crippen LogP contribution in [-0.4, -0.2) is 30.7 Å². The van der Waals surface area contributed by atoms with Crippen molar-refractivity contribution in [3.05, 3.63) is 45.0 Å². The van der Waals surface area contributed by atoms with Gasteiger partial charge in [-0.1, -0.05) is 23.5 Å². The number of benzene rings is 1. The summed E-state index contributed by atoms with van der Waals surface area (Å²) in [7, 11) is 0. The molecule has 8 nitrogen and oxygen atoms in total. The van der Waals surface area contributed by atoms with Crippen molar-refractivity contribution in [3.63, 3.8) is 0 Å². The molecule has 1 fully saturated rings. The molecule has 0 bridgehead atoms. The molecule has 128 valence electrons. The van der Waals surface area contributed by atoms with E-state index in [1.54, 1.807) is 11.4 Å². The van der Waals surface area contributed by atoms with E-state index in [0.717, 1.165) is 35.4 Å². The Balaban J connectivity index is 1.52. The van der Waals surface area contributed by atoms with Gasteiger partial charge in [-0.15, -0.1) is 5.10 Å². The molecule has 1 aromatic carbocycles. The van der Waals surface area contributed by atoms with Gasteiger partial charge in [0.25, 0.3) is 0 Å². The third-order valence-corrected chi connectivity index (χ3v) is 4.95. The van der Waals surface area contributed by atoms with Gasteiger partial charge in [-0.2, -0.15) is 0 Å². The number of carbonyl (C=O) groups excluding carboxylic acids is 1. The van der Waals surface area contributed by atoms with Gasteiger partial charge in [0.1, 0.15) is 6.54 Å². The van der Waals surface area contributed by atoms with Crippen LogP contribution in [0.25, 0.3) is 11.4 Å². The van der Waals surface area contributed by atoms with Gasteiger partial charge in [0.05, 0.1) is 6.04 Å². The first-order valence-corrected chi connectivity index (χ1v) is 8.83. The number of hydrogen-bond donors (Lipinski definition) is 1. The first-order chi connectivity index (χ1) is 12.1. The number of tetrazole rings is 1. The Morgan fingerprint density at radius 2 is 2.24 bits per heavy atom. The quantitative estimate of drug-likeness (QED) is 0.753. The van der Waals surface area contributed by atoms with Gasteiger partial charge in [0, 0.05) is 22.3 Å². The summed E-state index contributed by atoms with van der Waals surface area (Å²) in [6.45, 7) is 1.81. The van der Waals surface area contributed by atoms with Gasteiger partial charge >= 0.3 is 4.87 Å². The number of thiazole rings is 1. The lowest BCUT2D eigenvalue weighted by atomic mass is 10.2. The Hall–Kier alpha value is -2.81. The number of aryl methyl sites for hydroxylation is 1. The Kier molecular flexibility index (Phi) is 3.92. The van der Waals surface area contributed by atoms with Crippen molar-refractivity contribution in [2.75, 3.05) is 5.32 Å². The van der Waals surface area contributed by atoms with Crippen LogP contribution in [-0.2, 0) is 11.3 Å². The molecule has 9 heteroatoms. The molecule has 2 aromatic heterocycles. The lowest BCUT2D eigenvalue weighted by Gasteiger charge is -2.08. The molecule has 4 rings (SSSR count). The smallest absolute Gasteiger partial charge is 0.307 e. The molecule has 25 heavy (non-hydrogen) atoms. The van der Waals surface area contributed by atoms with Gasteiger partial charge in [-0.25, -0.2) is 4.68 Å². The minimum Gasteiger partial charge on any atom is -0.325 e. The van der Waals surface area contributed by atoms with Crippen LogP contribution in [0.2, 0.25) is 0 Å². The number of hydrogen-bond acceptors (Lipinski definition) is 6. The maximum Gasteiger partial charge on any atom is 0.307 e. The summed E-state index contributed by atoms with van der Waals surface area (Å²) in [5, 5.41) is 16.5. The van der Waals surface area contributed by atoms with Gasteiger partial charge in [0.2, 0.25) is 5.91 Å². The molecule has 0 radical (unpaired) electrons. The van der Waals surface area contributed by atoms with Crippen LogP contribution in [0.4, 0.5) is 5.69 Å². The molecule has 1 aliphatic rings. The summed E-state index contributed by atoms with van der Waals surface area (Å²) in [5.74, 6) is 0.450. The Labute approximate surface area is 147 Å². The van der Waals surface area contributed by atoms with E-state index in [9.17, 15) is 9.59 Å². The highest BCUT2D eigenvalue weighted by molar-refractivity contribution is 7.07. The minimum atomic E-state index is -0.248. The number of carbonyl (C=O) groups is 1. The highest BCUT2D eigenvalue weighted by Gasteiger charge is 2.28. The summed E-state index contributed by atoms with van der Waals surface area (Å²) in [6.07, 6.45) is 2.17. The third-order valence-electron chi connectivity index (χ3n) is 4.07. The van der Waals surface area contributed by atoms with Gasteiger partial charge in [0.15, 0.2) is 5.82 Å². The molecule has 2 heterocycles. The highest BCUT2D eigenvalue weighted by atomic mass is 32.1. The van der Waals surface area contributed by atoms with Crippen molar-refractivity contribution >= 4 is 22.9 Å². The van der Waals surface area contributed by atoms with Crippen molar-refractivity contribution in [3.8, 4) is 11.4 Å². The number of nitrogens with zero attached hydrogens (tertiary/aromatic N) is 5. The highest BCUT2D eigenvalue weighted by Crippen LogP contribution is 2.36. The van der Waals surface area contributed by atoms with Crippen molar-refractivity contribution in [2.45, 2.75) is 32.4 Å². The van der Waals surface area contributed by atoms with Crippen molar-refractivity contribution in [1.29, 1.82) is 0 Å². The fourth-order valence-electron chi connectivity index (χ4n) is 2.63. The summed E-state index contributed by atoms with van der Waals surface area (Å²) in [4.78, 5) is 23.8. The van der Waals surface area contributed by atoms with Gasteiger partial charge in [-0.3, -0.25) is 14.2 Å². The zero-order chi connectivity index (χ0) is 17.4. The summed E-state index contributed by atoms with van der Waals surface area (Å²) >= 11 is 1.09. The third kappa shape index (κ3) is 3.22. The number of amides is 1. The Morgan fingerprint density at radius 3 is 2.96 bits per heavy atom. The molecular formula is C16H16N6O2S. The standard InChI is InChI=1S/C16H16N6O2S/c1-10-9-25-16(24)21(10)8-14(23)17-12-4-2-3-11(7-12)15-18-19-20-22(15)13-5-6-13/h2-4,7,9,13H,5-6,8H2,1H3,(H,17,23). The van der Waals surface area contributed by atoms with Crippen LogP contribution in [0.3, 0.4) is 0 Å². The number of rotatable bonds is 5. The van der Waals surface area contributed by atoms with E-state index in [-0.39, 0.29) is 17.3 Å². The second kappa shape index (κ2) is 6.25. The predicted octanol–water partition coefficient (Wildman–Crippen LogP) is 1.85. The molecule has 0 aliphatic heterocycles. The molecule has 3 aromatic rings. The van der Waals surface area contributed by atoms with Crippen molar-refractivity contribution in [2.24, 2.45) is 0 Å². The molecule has 1 N–H and O–H groups in total. The fourth-order valence-corrected chi connectivity index (χ4v) is 3.36. The Bertz CT molecular complexity index is 984. The van der Waals surface area contributed by atoms with E-state index in [4.69, 9.17) is 0 Å². The molecular weight excluding hydrogens is 340 g/mol. The zero-order valence-corrected chi connectivity index (χ0v) is 14.4. The van der Waals surface area contributed by atoms with Crippen molar-refractivity contribution < 1.29 is 4.79 Å². The number of aromatic nitrogens is 5. The van der Waals surface area contributed by atoms with E-state index in [0.29, 0.717) is 17.6 Å². The van der Waals surface area contributed by atoms with Crippen LogP contribution < -0.4 is 10.2 Å². The average molecular weight is 356 g/mol. The van der Waals surface area contributed by atoms with Crippen LogP contribution >= 0.6 is 11.3 Å². The van der Waals surface area contributed by atoms with Gasteiger partial charge in [-0.05, 0) is 42.3 Å². The Morgan fingerprint density at radius 1 is 1.40 bits per heavy atom. The molecule has 0 saturated heterocycles. The van der Waals surface area contributed by atoms with Crippen LogP contribution in [0.15, 0.2) is 34.4 Å². The second-order valence-corrected chi connectivity index (χ2v) is 6.86. The summed E-state index contributed by atoms with van der Waals surface area (Å²) < 4.78 is 3.28. The minimum absolute atomic E-state index is 0.00178. The fraction of sp³-hybridized carbons (Fsp3) is 0.312. The normalized spacial score (nSPS) is 13.8. The SMILES string of the molecule is Cc1csc(=O)n1CC(=O)Nc1cccc(-c2nnnn2C2CC2)c1. The van der Waals surface area contributed by atoms with Gasteiger partial charge < -0.3 is 5.32 Å². The second-order valence-electron chi connectivity index (χ2n) is 6.04. The summed E-state index contributed by atoms with van der Waals surface area (Å²) in [5.41, 5.74) is 2.27. The predicted molar refractivity (Wildman–Crippen MR) is 93.5 cm³/mol. The lowest BCUT2D eigenvalue weighted by Crippen LogP contribution is -2.25. The maximum absolute atomic E-state index is 12.3. The maximum atomic E-state index is 12.3. The van der Waals surface area contributed by atoms with Crippen LogP contribution in [0.1, 0.15) is 24.6 Å². The van der Waals surface area contributed by atoms with E-state index in [1.807, 2.05) is 29.8 Å². The van der Waals surface area contributed by atoms with Crippen LogP contribution in [0.5, 0.6) is 0 Å².